The van der Waals surface area contributed by atoms with Gasteiger partial charge in [0.25, 0.3) is 5.91 Å². The third kappa shape index (κ3) is 3.08. The van der Waals surface area contributed by atoms with Gasteiger partial charge in [0.1, 0.15) is 11.7 Å². The second-order valence-corrected chi connectivity index (χ2v) is 6.23. The van der Waals surface area contributed by atoms with Gasteiger partial charge >= 0.3 is 0 Å². The van der Waals surface area contributed by atoms with Gasteiger partial charge in [-0.2, -0.15) is 5.10 Å². The van der Waals surface area contributed by atoms with Crippen molar-refractivity contribution < 1.29 is 14.3 Å². The lowest BCUT2D eigenvalue weighted by atomic mass is 10.1. The molecular formula is C19H20N4O3. The highest BCUT2D eigenvalue weighted by molar-refractivity contribution is 5.99. The van der Waals surface area contributed by atoms with Crippen LogP contribution in [0.2, 0.25) is 0 Å². The summed E-state index contributed by atoms with van der Waals surface area (Å²) in [5.41, 5.74) is 1.09. The number of fused-ring (bicyclic) bond motifs is 1. The van der Waals surface area contributed by atoms with Gasteiger partial charge < -0.3 is 14.4 Å². The number of methoxy groups -OCH3 is 1. The normalized spacial score (nSPS) is 17.3. The first-order chi connectivity index (χ1) is 12.8. The van der Waals surface area contributed by atoms with E-state index in [2.05, 4.69) is 10.1 Å². The van der Waals surface area contributed by atoms with Crippen molar-refractivity contribution in [3.8, 4) is 11.5 Å². The van der Waals surface area contributed by atoms with Crippen LogP contribution >= 0.6 is 0 Å². The number of carbonyl (C=O) groups is 1. The first-order valence-electron chi connectivity index (χ1n) is 8.63. The Morgan fingerprint density at radius 3 is 2.92 bits per heavy atom. The molecule has 0 saturated carbocycles. The Labute approximate surface area is 151 Å². The van der Waals surface area contributed by atoms with Gasteiger partial charge in [-0.05, 0) is 31.0 Å². The average Bonchev–Trinajstić information content (AvgIpc) is 3.12. The van der Waals surface area contributed by atoms with Crippen molar-refractivity contribution in [1.82, 2.24) is 19.5 Å². The third-order valence-corrected chi connectivity index (χ3v) is 4.54. The Hall–Kier alpha value is -3.09. The predicted octanol–water partition coefficient (Wildman–Crippen LogP) is 2.42. The van der Waals surface area contributed by atoms with Gasteiger partial charge in [-0.25, -0.2) is 9.50 Å². The average molecular weight is 352 g/mol. The maximum atomic E-state index is 12.9. The van der Waals surface area contributed by atoms with Gasteiger partial charge in [0.15, 0.2) is 17.1 Å². The number of aromatic nitrogens is 3. The first-order valence-corrected chi connectivity index (χ1v) is 8.63. The molecule has 1 aliphatic heterocycles. The van der Waals surface area contributed by atoms with Crippen LogP contribution in [0.5, 0.6) is 11.5 Å². The lowest BCUT2D eigenvalue weighted by molar-refractivity contribution is 0.0534. The Kier molecular flexibility index (Phi) is 4.43. The predicted molar refractivity (Wildman–Crippen MR) is 95.5 cm³/mol. The Bertz CT molecular complexity index is 924. The van der Waals surface area contributed by atoms with Gasteiger partial charge in [0, 0.05) is 18.9 Å². The summed E-state index contributed by atoms with van der Waals surface area (Å²) in [7, 11) is 1.62. The van der Waals surface area contributed by atoms with Crippen molar-refractivity contribution in [2.75, 3.05) is 20.2 Å². The number of amides is 1. The van der Waals surface area contributed by atoms with Crippen LogP contribution in [0.1, 0.15) is 23.2 Å². The maximum Gasteiger partial charge on any atom is 0.259 e. The van der Waals surface area contributed by atoms with E-state index in [1.807, 2.05) is 29.2 Å². The summed E-state index contributed by atoms with van der Waals surface area (Å²) in [5.74, 6) is 1.33. The van der Waals surface area contributed by atoms with Crippen LogP contribution in [-0.4, -0.2) is 51.7 Å². The molecule has 0 radical (unpaired) electrons. The summed E-state index contributed by atoms with van der Waals surface area (Å²) >= 11 is 0. The minimum Gasteiger partial charge on any atom is -0.493 e. The minimum atomic E-state index is -0.0706. The molecular weight excluding hydrogens is 332 g/mol. The lowest BCUT2D eigenvalue weighted by Crippen LogP contribution is -2.44. The number of piperidine rings is 1. The number of benzene rings is 1. The van der Waals surface area contributed by atoms with Crippen LogP contribution in [0, 0.1) is 0 Å². The molecule has 26 heavy (non-hydrogen) atoms. The molecule has 2 aromatic heterocycles. The summed E-state index contributed by atoms with van der Waals surface area (Å²) in [5, 5.41) is 4.20. The van der Waals surface area contributed by atoms with Crippen molar-refractivity contribution in [3.05, 3.63) is 54.5 Å². The highest BCUT2D eigenvalue weighted by Gasteiger charge is 2.28. The van der Waals surface area contributed by atoms with E-state index in [4.69, 9.17) is 9.47 Å². The molecule has 1 unspecified atom stereocenters. The summed E-state index contributed by atoms with van der Waals surface area (Å²) in [6.45, 7) is 1.23. The van der Waals surface area contributed by atoms with Crippen LogP contribution in [0.3, 0.4) is 0 Å². The molecule has 3 heterocycles. The van der Waals surface area contributed by atoms with E-state index in [0.717, 1.165) is 12.8 Å². The molecule has 1 saturated heterocycles. The molecule has 3 aromatic rings. The molecule has 1 aliphatic rings. The number of likely N-dealkylation sites (tertiary alicyclic amines) is 1. The SMILES string of the molecule is COc1ccccc1OC1CCCN(C(=O)c2cnn3cccnc23)C1. The zero-order valence-corrected chi connectivity index (χ0v) is 14.5. The van der Waals surface area contributed by atoms with E-state index >= 15 is 0 Å². The fourth-order valence-corrected chi connectivity index (χ4v) is 3.26. The molecule has 1 aromatic carbocycles. The smallest absolute Gasteiger partial charge is 0.259 e. The number of ether oxygens (including phenoxy) is 2. The fraction of sp³-hybridized carbons (Fsp3) is 0.316. The van der Waals surface area contributed by atoms with Gasteiger partial charge in [-0.3, -0.25) is 4.79 Å². The van der Waals surface area contributed by atoms with Crippen LogP contribution in [0.15, 0.2) is 48.9 Å². The van der Waals surface area contributed by atoms with Crippen LogP contribution < -0.4 is 9.47 Å². The molecule has 4 rings (SSSR count). The second-order valence-electron chi connectivity index (χ2n) is 6.23. The Morgan fingerprint density at radius 2 is 2.08 bits per heavy atom. The minimum absolute atomic E-state index is 0.0629. The molecule has 7 nitrogen and oxygen atoms in total. The first kappa shape index (κ1) is 16.4. The molecule has 0 N–H and O–H groups in total. The van der Waals surface area contributed by atoms with Crippen LogP contribution in [0.4, 0.5) is 0 Å². The monoisotopic (exact) mass is 352 g/mol. The van der Waals surface area contributed by atoms with E-state index in [1.165, 1.54) is 0 Å². The number of rotatable bonds is 4. The number of carbonyl (C=O) groups excluding carboxylic acids is 1. The summed E-state index contributed by atoms with van der Waals surface area (Å²) < 4.78 is 13.1. The number of hydrogen-bond acceptors (Lipinski definition) is 5. The number of nitrogens with zero attached hydrogens (tertiary/aromatic N) is 4. The third-order valence-electron chi connectivity index (χ3n) is 4.54. The van der Waals surface area contributed by atoms with E-state index in [1.54, 1.807) is 36.3 Å². The van der Waals surface area contributed by atoms with Gasteiger partial charge in [-0.1, -0.05) is 12.1 Å². The van der Waals surface area contributed by atoms with Crippen molar-refractivity contribution in [2.45, 2.75) is 18.9 Å². The molecule has 1 amide bonds. The molecule has 134 valence electrons. The van der Waals surface area contributed by atoms with Gasteiger partial charge in [0.05, 0.1) is 19.9 Å². The molecule has 1 atom stereocenters. The van der Waals surface area contributed by atoms with Crippen molar-refractivity contribution in [1.29, 1.82) is 0 Å². The molecule has 7 heteroatoms. The molecule has 0 bridgehead atoms. The van der Waals surface area contributed by atoms with Crippen molar-refractivity contribution >= 4 is 11.6 Å². The lowest BCUT2D eigenvalue weighted by Gasteiger charge is -2.33. The fourth-order valence-electron chi connectivity index (χ4n) is 3.26. The van der Waals surface area contributed by atoms with Gasteiger partial charge in [0.2, 0.25) is 0 Å². The van der Waals surface area contributed by atoms with Crippen molar-refractivity contribution in [3.63, 3.8) is 0 Å². The van der Waals surface area contributed by atoms with E-state index in [0.29, 0.717) is 35.8 Å². The zero-order chi connectivity index (χ0) is 17.9. The van der Waals surface area contributed by atoms with Crippen LogP contribution in [-0.2, 0) is 0 Å². The van der Waals surface area contributed by atoms with Gasteiger partial charge in [-0.15, -0.1) is 0 Å². The molecule has 0 aliphatic carbocycles. The molecule has 0 spiro atoms. The summed E-state index contributed by atoms with van der Waals surface area (Å²) in [6, 6.07) is 9.35. The standard InChI is InChI=1S/C19H20N4O3/c1-25-16-7-2-3-8-17(16)26-14-6-4-10-22(13-14)19(24)15-12-21-23-11-5-9-20-18(15)23/h2-3,5,7-9,11-12,14H,4,6,10,13H2,1H3. The highest BCUT2D eigenvalue weighted by Crippen LogP contribution is 2.29. The largest absolute Gasteiger partial charge is 0.493 e. The second kappa shape index (κ2) is 7.03. The Morgan fingerprint density at radius 1 is 1.23 bits per heavy atom. The quantitative estimate of drug-likeness (QED) is 0.721. The van der Waals surface area contributed by atoms with Crippen LogP contribution in [0.25, 0.3) is 5.65 Å². The van der Waals surface area contributed by atoms with E-state index in [9.17, 15) is 4.79 Å². The van der Waals surface area contributed by atoms with E-state index in [-0.39, 0.29) is 12.0 Å². The molecule has 1 fully saturated rings. The number of para-hydroxylation sites is 2. The topological polar surface area (TPSA) is 69.0 Å². The summed E-state index contributed by atoms with van der Waals surface area (Å²) in [6.07, 6.45) is 6.74. The maximum absolute atomic E-state index is 12.9. The summed E-state index contributed by atoms with van der Waals surface area (Å²) in [4.78, 5) is 19.0. The van der Waals surface area contributed by atoms with Crippen molar-refractivity contribution in [2.24, 2.45) is 0 Å². The van der Waals surface area contributed by atoms with E-state index < -0.39 is 0 Å². The Balaban J connectivity index is 1.50. The highest BCUT2D eigenvalue weighted by atomic mass is 16.5. The number of hydrogen-bond donors (Lipinski definition) is 0. The zero-order valence-electron chi connectivity index (χ0n) is 14.5.